The zero-order valence-corrected chi connectivity index (χ0v) is 8.69. The highest BCUT2D eigenvalue weighted by atomic mass is 16.5. The minimum atomic E-state index is 0.121. The van der Waals surface area contributed by atoms with E-state index in [0.29, 0.717) is 17.7 Å². The minimum absolute atomic E-state index is 0.121. The molecule has 0 saturated heterocycles. The molecule has 14 heavy (non-hydrogen) atoms. The number of anilines is 1. The highest BCUT2D eigenvalue weighted by Gasteiger charge is 2.09. The highest BCUT2D eigenvalue weighted by Crippen LogP contribution is 2.13. The van der Waals surface area contributed by atoms with Gasteiger partial charge in [0, 0.05) is 12.3 Å². The highest BCUT2D eigenvalue weighted by molar-refractivity contribution is 5.25. The van der Waals surface area contributed by atoms with Crippen molar-refractivity contribution in [2.75, 3.05) is 5.43 Å². The maximum Gasteiger partial charge on any atom is 0.240 e. The first-order valence-electron chi connectivity index (χ1n) is 4.59. The predicted octanol–water partition coefficient (Wildman–Crippen LogP) is 1.19. The van der Waals surface area contributed by atoms with Crippen LogP contribution in [-0.2, 0) is 0 Å². The molecular weight excluding hydrogens is 180 g/mol. The average Bonchev–Trinajstić information content (AvgIpc) is 2.18. The van der Waals surface area contributed by atoms with Gasteiger partial charge < -0.3 is 4.74 Å². The number of hydrazine groups is 1. The van der Waals surface area contributed by atoms with Crippen molar-refractivity contribution < 1.29 is 4.74 Å². The largest absolute Gasteiger partial charge is 0.474 e. The number of ether oxygens (including phenoxy) is 1. The molecule has 1 unspecified atom stereocenters. The fraction of sp³-hybridized carbons (Fsp3) is 0.556. The number of hydrogen-bond donors (Lipinski definition) is 2. The van der Waals surface area contributed by atoms with Crippen LogP contribution in [0.2, 0.25) is 0 Å². The van der Waals surface area contributed by atoms with Gasteiger partial charge in [0.1, 0.15) is 0 Å². The summed E-state index contributed by atoms with van der Waals surface area (Å²) in [7, 11) is 0. The van der Waals surface area contributed by atoms with Crippen molar-refractivity contribution in [1.82, 2.24) is 9.97 Å². The van der Waals surface area contributed by atoms with Crippen LogP contribution in [0.15, 0.2) is 12.3 Å². The van der Waals surface area contributed by atoms with Crippen LogP contribution >= 0.6 is 0 Å². The molecule has 0 fully saturated rings. The molecular formula is C9H16N4O. The lowest BCUT2D eigenvalue weighted by Crippen LogP contribution is -2.20. The summed E-state index contributed by atoms with van der Waals surface area (Å²) >= 11 is 0. The monoisotopic (exact) mass is 196 g/mol. The number of nitrogens with zero attached hydrogens (tertiary/aromatic N) is 2. The van der Waals surface area contributed by atoms with Crippen LogP contribution < -0.4 is 16.0 Å². The Hall–Kier alpha value is -1.36. The van der Waals surface area contributed by atoms with Gasteiger partial charge in [-0.15, -0.1) is 0 Å². The van der Waals surface area contributed by atoms with Crippen molar-refractivity contribution in [3.63, 3.8) is 0 Å². The summed E-state index contributed by atoms with van der Waals surface area (Å²) in [6.45, 7) is 6.18. The summed E-state index contributed by atoms with van der Waals surface area (Å²) in [5.74, 6) is 6.52. The van der Waals surface area contributed by atoms with Gasteiger partial charge in [0.05, 0.1) is 6.10 Å². The Kier molecular flexibility index (Phi) is 3.64. The number of nitrogens with one attached hydrogen (secondary N) is 1. The van der Waals surface area contributed by atoms with Crippen LogP contribution in [0.25, 0.3) is 0 Å². The van der Waals surface area contributed by atoms with Gasteiger partial charge in [-0.2, -0.15) is 4.98 Å². The Balaban J connectivity index is 2.66. The molecule has 0 radical (unpaired) electrons. The molecule has 1 rings (SSSR count). The Morgan fingerprint density at radius 3 is 2.71 bits per heavy atom. The van der Waals surface area contributed by atoms with E-state index >= 15 is 0 Å². The molecule has 0 aliphatic rings. The maximum absolute atomic E-state index is 5.57. The van der Waals surface area contributed by atoms with E-state index in [0.717, 1.165) is 0 Å². The fourth-order valence-corrected chi connectivity index (χ4v) is 0.804. The Labute approximate surface area is 83.7 Å². The summed E-state index contributed by atoms with van der Waals surface area (Å²) in [5.41, 5.74) is 2.37. The first-order valence-corrected chi connectivity index (χ1v) is 4.59. The third-order valence-electron chi connectivity index (χ3n) is 2.00. The zero-order valence-electron chi connectivity index (χ0n) is 8.69. The molecule has 78 valence electrons. The molecule has 0 aliphatic heterocycles. The van der Waals surface area contributed by atoms with Gasteiger partial charge in [0.15, 0.2) is 0 Å². The van der Waals surface area contributed by atoms with Gasteiger partial charge in [-0.25, -0.2) is 10.8 Å². The molecule has 1 aromatic heterocycles. The fourth-order valence-electron chi connectivity index (χ4n) is 0.804. The van der Waals surface area contributed by atoms with Gasteiger partial charge in [-0.1, -0.05) is 13.8 Å². The SMILES string of the molecule is CC(C)C(C)Oc1ccnc(NN)n1. The maximum atomic E-state index is 5.57. The van der Waals surface area contributed by atoms with Crippen LogP contribution in [0.1, 0.15) is 20.8 Å². The summed E-state index contributed by atoms with van der Waals surface area (Å²) in [4.78, 5) is 7.93. The summed E-state index contributed by atoms with van der Waals surface area (Å²) in [6.07, 6.45) is 1.72. The van der Waals surface area contributed by atoms with Crippen molar-refractivity contribution in [3.8, 4) is 5.88 Å². The second kappa shape index (κ2) is 4.76. The molecule has 5 heteroatoms. The summed E-state index contributed by atoms with van der Waals surface area (Å²) in [6, 6.07) is 1.71. The van der Waals surface area contributed by atoms with E-state index in [1.54, 1.807) is 12.3 Å². The van der Waals surface area contributed by atoms with E-state index in [2.05, 4.69) is 29.2 Å². The van der Waals surface area contributed by atoms with Crippen LogP contribution in [-0.4, -0.2) is 16.1 Å². The topological polar surface area (TPSA) is 73.1 Å². The molecule has 3 N–H and O–H groups in total. The van der Waals surface area contributed by atoms with E-state index < -0.39 is 0 Å². The smallest absolute Gasteiger partial charge is 0.240 e. The molecule has 0 bridgehead atoms. The van der Waals surface area contributed by atoms with Crippen LogP contribution in [0.3, 0.4) is 0 Å². The van der Waals surface area contributed by atoms with Crippen LogP contribution in [0.5, 0.6) is 5.88 Å². The normalized spacial score (nSPS) is 12.6. The van der Waals surface area contributed by atoms with E-state index in [4.69, 9.17) is 10.6 Å². The second-order valence-electron chi connectivity index (χ2n) is 3.43. The van der Waals surface area contributed by atoms with E-state index in [1.165, 1.54) is 0 Å². The number of rotatable bonds is 4. The molecule has 0 aliphatic carbocycles. The van der Waals surface area contributed by atoms with Crippen LogP contribution in [0, 0.1) is 5.92 Å². The minimum Gasteiger partial charge on any atom is -0.474 e. The van der Waals surface area contributed by atoms with Crippen molar-refractivity contribution in [2.24, 2.45) is 11.8 Å². The number of hydrogen-bond acceptors (Lipinski definition) is 5. The third kappa shape index (κ3) is 2.85. The lowest BCUT2D eigenvalue weighted by molar-refractivity contribution is 0.163. The number of nitrogen functional groups attached to an aromatic ring is 1. The van der Waals surface area contributed by atoms with Gasteiger partial charge in [0.2, 0.25) is 11.8 Å². The lowest BCUT2D eigenvalue weighted by atomic mass is 10.1. The Morgan fingerprint density at radius 2 is 2.14 bits per heavy atom. The van der Waals surface area contributed by atoms with E-state index in [-0.39, 0.29) is 6.10 Å². The standard InChI is InChI=1S/C9H16N4O/c1-6(2)7(3)14-8-4-5-11-9(12-8)13-10/h4-7H,10H2,1-3H3,(H,11,12,13). The molecule has 1 aromatic rings. The average molecular weight is 196 g/mol. The molecule has 1 atom stereocenters. The molecule has 1 heterocycles. The Morgan fingerprint density at radius 1 is 1.43 bits per heavy atom. The summed E-state index contributed by atoms with van der Waals surface area (Å²) < 4.78 is 5.57. The van der Waals surface area contributed by atoms with Crippen molar-refractivity contribution in [1.29, 1.82) is 0 Å². The van der Waals surface area contributed by atoms with Crippen molar-refractivity contribution in [3.05, 3.63) is 12.3 Å². The van der Waals surface area contributed by atoms with Gasteiger partial charge >= 0.3 is 0 Å². The molecule has 5 nitrogen and oxygen atoms in total. The van der Waals surface area contributed by atoms with Gasteiger partial charge in [0.25, 0.3) is 0 Å². The number of aromatic nitrogens is 2. The first-order chi connectivity index (χ1) is 6.63. The third-order valence-corrected chi connectivity index (χ3v) is 2.00. The lowest BCUT2D eigenvalue weighted by Gasteiger charge is -2.17. The molecule has 0 amide bonds. The zero-order chi connectivity index (χ0) is 10.6. The van der Waals surface area contributed by atoms with Gasteiger partial charge in [-0.3, -0.25) is 5.43 Å². The quantitative estimate of drug-likeness (QED) is 0.559. The molecule has 0 spiro atoms. The van der Waals surface area contributed by atoms with E-state index in [1.807, 2.05) is 6.92 Å². The number of nitrogens with two attached hydrogens (primary N) is 1. The molecule has 0 saturated carbocycles. The van der Waals surface area contributed by atoms with Crippen LogP contribution in [0.4, 0.5) is 5.95 Å². The molecule has 0 aromatic carbocycles. The van der Waals surface area contributed by atoms with Crippen molar-refractivity contribution >= 4 is 5.95 Å². The van der Waals surface area contributed by atoms with E-state index in [9.17, 15) is 0 Å². The van der Waals surface area contributed by atoms with Gasteiger partial charge in [-0.05, 0) is 12.8 Å². The Bertz CT molecular complexity index is 290. The first kappa shape index (κ1) is 10.7. The predicted molar refractivity (Wildman–Crippen MR) is 54.8 cm³/mol. The van der Waals surface area contributed by atoms with Crippen molar-refractivity contribution in [2.45, 2.75) is 26.9 Å². The summed E-state index contributed by atoms with van der Waals surface area (Å²) in [5, 5.41) is 0. The second-order valence-corrected chi connectivity index (χ2v) is 3.43.